The van der Waals surface area contributed by atoms with E-state index in [-0.39, 0.29) is 11.6 Å². The van der Waals surface area contributed by atoms with Gasteiger partial charge in [0.2, 0.25) is 11.8 Å². The predicted molar refractivity (Wildman–Crippen MR) is 71.7 cm³/mol. The Morgan fingerprint density at radius 1 is 1.45 bits per heavy atom. The van der Waals surface area contributed by atoms with Crippen molar-refractivity contribution in [2.45, 2.75) is 26.8 Å². The number of aryl methyl sites for hydroxylation is 1. The van der Waals surface area contributed by atoms with Crippen molar-refractivity contribution in [3.8, 4) is 0 Å². The van der Waals surface area contributed by atoms with Gasteiger partial charge in [0.15, 0.2) is 5.82 Å². The summed E-state index contributed by atoms with van der Waals surface area (Å²) in [5.41, 5.74) is 0.772. The highest BCUT2D eigenvalue weighted by atomic mass is 19.1. The van der Waals surface area contributed by atoms with Crippen molar-refractivity contribution in [2.24, 2.45) is 0 Å². The molecule has 1 heterocycles. The lowest BCUT2D eigenvalue weighted by Gasteiger charge is -2.08. The Bertz CT molecular complexity index is 612. The van der Waals surface area contributed by atoms with E-state index in [4.69, 9.17) is 4.52 Å². The Hall–Kier alpha value is -2.44. The van der Waals surface area contributed by atoms with Crippen molar-refractivity contribution < 1.29 is 13.7 Å². The minimum Gasteiger partial charge on any atom is -0.376 e. The van der Waals surface area contributed by atoms with Crippen LogP contribution in [0.1, 0.15) is 25.6 Å². The van der Waals surface area contributed by atoms with E-state index in [1.54, 1.807) is 6.07 Å². The Morgan fingerprint density at radius 3 is 2.90 bits per heavy atom. The number of benzene rings is 1. The molecule has 20 heavy (non-hydrogen) atoms. The van der Waals surface area contributed by atoms with E-state index < -0.39 is 5.82 Å². The number of anilines is 2. The molecule has 0 saturated heterocycles. The summed E-state index contributed by atoms with van der Waals surface area (Å²) in [5, 5.41) is 9.22. The number of rotatable bonds is 5. The molecule has 0 bridgehead atoms. The lowest BCUT2D eigenvalue weighted by atomic mass is 10.2. The van der Waals surface area contributed by atoms with E-state index in [2.05, 4.69) is 20.8 Å². The van der Waals surface area contributed by atoms with Crippen LogP contribution >= 0.6 is 0 Å². The summed E-state index contributed by atoms with van der Waals surface area (Å²) in [5.74, 6) is 0.273. The topological polar surface area (TPSA) is 80.0 Å². The van der Waals surface area contributed by atoms with Crippen molar-refractivity contribution >= 4 is 17.3 Å². The first-order valence-electron chi connectivity index (χ1n) is 6.21. The number of nitrogens with one attached hydrogen (secondary N) is 2. The molecule has 0 fully saturated rings. The van der Waals surface area contributed by atoms with Crippen molar-refractivity contribution in [3.05, 3.63) is 35.7 Å². The molecular weight excluding hydrogens is 263 g/mol. The van der Waals surface area contributed by atoms with Gasteiger partial charge in [-0.15, -0.1) is 0 Å². The van der Waals surface area contributed by atoms with Crippen molar-refractivity contribution in [3.63, 3.8) is 0 Å². The Kier molecular flexibility index (Phi) is 4.29. The lowest BCUT2D eigenvalue weighted by Crippen LogP contribution is -2.08. The van der Waals surface area contributed by atoms with E-state index in [9.17, 15) is 9.18 Å². The van der Waals surface area contributed by atoms with Crippen molar-refractivity contribution in [2.75, 3.05) is 10.6 Å². The van der Waals surface area contributed by atoms with Crippen molar-refractivity contribution in [1.29, 1.82) is 0 Å². The zero-order chi connectivity index (χ0) is 14.5. The highest BCUT2D eigenvalue weighted by molar-refractivity contribution is 5.89. The second-order valence-corrected chi connectivity index (χ2v) is 4.19. The van der Waals surface area contributed by atoms with Gasteiger partial charge in [0, 0.05) is 19.0 Å². The number of amides is 1. The number of hydrogen-bond donors (Lipinski definition) is 2. The van der Waals surface area contributed by atoms with Crippen LogP contribution in [-0.4, -0.2) is 16.0 Å². The molecule has 0 saturated carbocycles. The summed E-state index contributed by atoms with van der Waals surface area (Å²) in [6.07, 6.45) is 0.701. The quantitative estimate of drug-likeness (QED) is 0.877. The van der Waals surface area contributed by atoms with E-state index >= 15 is 0 Å². The molecule has 0 spiro atoms. The van der Waals surface area contributed by atoms with Gasteiger partial charge >= 0.3 is 0 Å². The van der Waals surface area contributed by atoms with Gasteiger partial charge in [-0.25, -0.2) is 4.39 Å². The van der Waals surface area contributed by atoms with Gasteiger partial charge in [-0.05, 0) is 18.2 Å². The van der Waals surface area contributed by atoms with Gasteiger partial charge in [-0.3, -0.25) is 4.79 Å². The standard InChI is InChI=1S/C13H15FN4O2/c1-3-12-17-13(20-18-12)7-15-9-4-5-10(14)11(6-9)16-8(2)19/h4-6,15H,3,7H2,1-2H3,(H,16,19). The first-order valence-corrected chi connectivity index (χ1v) is 6.21. The second-order valence-electron chi connectivity index (χ2n) is 4.19. The minimum absolute atomic E-state index is 0.127. The number of aromatic nitrogens is 2. The Morgan fingerprint density at radius 2 is 2.25 bits per heavy atom. The fraction of sp³-hybridized carbons (Fsp3) is 0.308. The predicted octanol–water partition coefficient (Wildman–Crippen LogP) is 2.34. The highest BCUT2D eigenvalue weighted by Crippen LogP contribution is 2.20. The third-order valence-corrected chi connectivity index (χ3v) is 2.55. The molecule has 0 aliphatic rings. The average Bonchev–Trinajstić information content (AvgIpc) is 2.87. The summed E-state index contributed by atoms with van der Waals surface area (Å²) >= 11 is 0. The molecule has 106 valence electrons. The molecule has 7 heteroatoms. The Balaban J connectivity index is 2.03. The Labute approximate surface area is 115 Å². The molecule has 0 unspecified atom stereocenters. The average molecular weight is 278 g/mol. The maximum atomic E-state index is 13.5. The van der Waals surface area contributed by atoms with Crippen LogP contribution < -0.4 is 10.6 Å². The summed E-state index contributed by atoms with van der Waals surface area (Å²) in [6, 6.07) is 4.35. The monoisotopic (exact) mass is 278 g/mol. The van der Waals surface area contributed by atoms with Crippen LogP contribution in [0.15, 0.2) is 22.7 Å². The number of halogens is 1. The van der Waals surface area contributed by atoms with Gasteiger partial charge in [0.1, 0.15) is 5.82 Å². The van der Waals surface area contributed by atoms with Crippen LogP contribution in [-0.2, 0) is 17.8 Å². The molecule has 1 amide bonds. The zero-order valence-electron chi connectivity index (χ0n) is 11.2. The molecule has 1 aromatic heterocycles. The highest BCUT2D eigenvalue weighted by Gasteiger charge is 2.07. The summed E-state index contributed by atoms with van der Waals surface area (Å²) in [7, 11) is 0. The normalized spacial score (nSPS) is 10.3. The summed E-state index contributed by atoms with van der Waals surface area (Å²) in [4.78, 5) is 15.1. The smallest absolute Gasteiger partial charge is 0.245 e. The first-order chi connectivity index (χ1) is 9.58. The molecule has 0 radical (unpaired) electrons. The molecular formula is C13H15FN4O2. The first kappa shape index (κ1) is 14.0. The van der Waals surface area contributed by atoms with Gasteiger partial charge in [-0.2, -0.15) is 4.98 Å². The van der Waals surface area contributed by atoms with Crippen LogP contribution in [0, 0.1) is 5.82 Å². The van der Waals surface area contributed by atoms with Gasteiger partial charge < -0.3 is 15.2 Å². The molecule has 0 atom stereocenters. The second kappa shape index (κ2) is 6.14. The third-order valence-electron chi connectivity index (χ3n) is 2.55. The van der Waals surface area contributed by atoms with E-state index in [0.717, 1.165) is 0 Å². The molecule has 6 nitrogen and oxygen atoms in total. The van der Waals surface area contributed by atoms with E-state index in [1.807, 2.05) is 6.92 Å². The molecule has 2 rings (SSSR count). The van der Waals surface area contributed by atoms with Crippen molar-refractivity contribution in [1.82, 2.24) is 10.1 Å². The van der Waals surface area contributed by atoms with Crippen LogP contribution in [0.4, 0.5) is 15.8 Å². The SMILES string of the molecule is CCc1noc(CNc2ccc(F)c(NC(C)=O)c2)n1. The van der Waals surface area contributed by atoms with E-state index in [1.165, 1.54) is 19.1 Å². The van der Waals surface area contributed by atoms with Crippen LogP contribution in [0.3, 0.4) is 0 Å². The number of hydrogen-bond acceptors (Lipinski definition) is 5. The maximum Gasteiger partial charge on any atom is 0.245 e. The third kappa shape index (κ3) is 3.53. The molecule has 2 aromatic rings. The van der Waals surface area contributed by atoms with Crippen LogP contribution in [0.25, 0.3) is 0 Å². The fourth-order valence-corrected chi connectivity index (χ4v) is 1.60. The molecule has 2 N–H and O–H groups in total. The lowest BCUT2D eigenvalue weighted by molar-refractivity contribution is -0.114. The van der Waals surface area contributed by atoms with Gasteiger partial charge in [0.25, 0.3) is 0 Å². The molecule has 0 aliphatic heterocycles. The van der Waals surface area contributed by atoms with Gasteiger partial charge in [0.05, 0.1) is 12.2 Å². The maximum absolute atomic E-state index is 13.5. The van der Waals surface area contributed by atoms with Crippen LogP contribution in [0.2, 0.25) is 0 Å². The number of carbonyl (C=O) groups excluding carboxylic acids is 1. The summed E-state index contributed by atoms with van der Waals surface area (Å²) < 4.78 is 18.5. The minimum atomic E-state index is -0.489. The summed E-state index contributed by atoms with van der Waals surface area (Å²) in [6.45, 7) is 3.59. The number of carbonyl (C=O) groups is 1. The molecule has 0 aliphatic carbocycles. The largest absolute Gasteiger partial charge is 0.376 e. The fourth-order valence-electron chi connectivity index (χ4n) is 1.60. The van der Waals surface area contributed by atoms with Gasteiger partial charge in [-0.1, -0.05) is 12.1 Å². The zero-order valence-corrected chi connectivity index (χ0v) is 11.2. The number of nitrogens with zero attached hydrogens (tertiary/aromatic N) is 2. The molecule has 1 aromatic carbocycles. The van der Waals surface area contributed by atoms with E-state index in [0.29, 0.717) is 30.4 Å². The van der Waals surface area contributed by atoms with Crippen LogP contribution in [0.5, 0.6) is 0 Å².